The van der Waals surface area contributed by atoms with Gasteiger partial charge < -0.3 is 14.7 Å². The number of aromatic nitrogens is 2. The fourth-order valence-electron chi connectivity index (χ4n) is 1.57. The summed E-state index contributed by atoms with van der Waals surface area (Å²) in [5.74, 6) is 1.56. The topological polar surface area (TPSA) is 54.2 Å². The van der Waals surface area contributed by atoms with Gasteiger partial charge in [-0.3, -0.25) is 0 Å². The lowest BCUT2D eigenvalue weighted by molar-refractivity contribution is 0.326. The Labute approximate surface area is 90.8 Å². The molecule has 0 radical (unpaired) electrons. The highest BCUT2D eigenvalue weighted by Gasteiger charge is 2.21. The predicted octanol–water partition coefficient (Wildman–Crippen LogP) is 1.24. The molecule has 0 aliphatic rings. The maximum atomic E-state index is 5.23. The largest absolute Gasteiger partial charge is 0.344 e. The lowest BCUT2D eigenvalue weighted by atomic mass is 10.00. The molecule has 1 aromatic rings. The SMILES string of the molecule is CCC(NC)C(C)c1nc(N(C)C)no1. The predicted molar refractivity (Wildman–Crippen MR) is 60.2 cm³/mol. The first-order valence-corrected chi connectivity index (χ1v) is 5.28. The third-order valence-electron chi connectivity index (χ3n) is 2.63. The number of rotatable bonds is 5. The van der Waals surface area contributed by atoms with E-state index in [0.29, 0.717) is 17.9 Å². The van der Waals surface area contributed by atoms with Crippen molar-refractivity contribution >= 4 is 5.95 Å². The zero-order valence-corrected chi connectivity index (χ0v) is 10.1. The molecule has 2 atom stereocenters. The van der Waals surface area contributed by atoms with E-state index in [-0.39, 0.29) is 5.92 Å². The van der Waals surface area contributed by atoms with Gasteiger partial charge in [-0.25, -0.2) is 0 Å². The van der Waals surface area contributed by atoms with E-state index in [2.05, 4.69) is 29.3 Å². The summed E-state index contributed by atoms with van der Waals surface area (Å²) in [6, 6.07) is 0.375. The van der Waals surface area contributed by atoms with Gasteiger partial charge in [0, 0.05) is 20.1 Å². The summed E-state index contributed by atoms with van der Waals surface area (Å²) in [6.45, 7) is 4.23. The molecule has 0 spiro atoms. The monoisotopic (exact) mass is 212 g/mol. The number of nitrogens with zero attached hydrogens (tertiary/aromatic N) is 3. The van der Waals surface area contributed by atoms with E-state index in [1.165, 1.54) is 0 Å². The lowest BCUT2D eigenvalue weighted by Gasteiger charge is -2.18. The van der Waals surface area contributed by atoms with Crippen LogP contribution in [0.3, 0.4) is 0 Å². The van der Waals surface area contributed by atoms with Crippen molar-refractivity contribution < 1.29 is 4.52 Å². The molecular formula is C10H20N4O. The van der Waals surface area contributed by atoms with Crippen LogP contribution in [-0.4, -0.2) is 37.3 Å². The summed E-state index contributed by atoms with van der Waals surface area (Å²) in [4.78, 5) is 6.17. The van der Waals surface area contributed by atoms with E-state index in [0.717, 1.165) is 6.42 Å². The molecule has 0 aromatic carbocycles. The zero-order chi connectivity index (χ0) is 11.4. The van der Waals surface area contributed by atoms with Crippen LogP contribution in [0, 0.1) is 0 Å². The van der Waals surface area contributed by atoms with Gasteiger partial charge in [0.1, 0.15) is 0 Å². The second-order valence-corrected chi connectivity index (χ2v) is 3.92. The second kappa shape index (κ2) is 5.11. The van der Waals surface area contributed by atoms with Crippen molar-refractivity contribution in [2.24, 2.45) is 0 Å². The quantitative estimate of drug-likeness (QED) is 0.795. The number of hydrogen-bond donors (Lipinski definition) is 1. The molecule has 0 aliphatic heterocycles. The number of likely N-dealkylation sites (N-methyl/N-ethyl adjacent to an activating group) is 1. The molecule has 0 saturated heterocycles. The van der Waals surface area contributed by atoms with Crippen LogP contribution in [0.15, 0.2) is 4.52 Å². The Balaban J connectivity index is 2.77. The Morgan fingerprint density at radius 3 is 2.53 bits per heavy atom. The zero-order valence-electron chi connectivity index (χ0n) is 10.1. The molecule has 86 valence electrons. The highest BCUT2D eigenvalue weighted by atomic mass is 16.5. The average molecular weight is 212 g/mol. The van der Waals surface area contributed by atoms with Crippen molar-refractivity contribution in [2.45, 2.75) is 32.2 Å². The summed E-state index contributed by atoms with van der Waals surface area (Å²) >= 11 is 0. The molecule has 2 unspecified atom stereocenters. The van der Waals surface area contributed by atoms with Gasteiger partial charge in [0.05, 0.1) is 5.92 Å². The average Bonchev–Trinajstić information content (AvgIpc) is 2.68. The minimum absolute atomic E-state index is 0.237. The normalized spacial score (nSPS) is 15.0. The third kappa shape index (κ3) is 2.68. The summed E-state index contributed by atoms with van der Waals surface area (Å²) < 4.78 is 5.23. The van der Waals surface area contributed by atoms with E-state index in [1.807, 2.05) is 26.0 Å². The van der Waals surface area contributed by atoms with Crippen LogP contribution in [-0.2, 0) is 0 Å². The smallest absolute Gasteiger partial charge is 0.265 e. The van der Waals surface area contributed by atoms with Crippen LogP contribution in [0.4, 0.5) is 5.95 Å². The molecule has 0 aliphatic carbocycles. The van der Waals surface area contributed by atoms with Crippen LogP contribution in [0.2, 0.25) is 0 Å². The van der Waals surface area contributed by atoms with E-state index >= 15 is 0 Å². The molecule has 1 heterocycles. The lowest BCUT2D eigenvalue weighted by Crippen LogP contribution is -2.30. The number of hydrogen-bond acceptors (Lipinski definition) is 5. The Bertz CT molecular complexity index is 293. The van der Waals surface area contributed by atoms with E-state index in [1.54, 1.807) is 0 Å². The van der Waals surface area contributed by atoms with Crippen LogP contribution in [0.25, 0.3) is 0 Å². The first kappa shape index (κ1) is 12.0. The molecule has 1 N–H and O–H groups in total. The van der Waals surface area contributed by atoms with Gasteiger partial charge in [-0.1, -0.05) is 13.8 Å². The molecular weight excluding hydrogens is 192 g/mol. The highest BCUT2D eigenvalue weighted by molar-refractivity contribution is 5.24. The maximum Gasteiger partial charge on any atom is 0.265 e. The Morgan fingerprint density at radius 2 is 2.13 bits per heavy atom. The van der Waals surface area contributed by atoms with Gasteiger partial charge in [0.25, 0.3) is 5.95 Å². The van der Waals surface area contributed by atoms with Crippen LogP contribution < -0.4 is 10.2 Å². The second-order valence-electron chi connectivity index (χ2n) is 3.92. The van der Waals surface area contributed by atoms with Gasteiger partial charge in [-0.05, 0) is 18.6 Å². The highest BCUT2D eigenvalue weighted by Crippen LogP contribution is 2.20. The summed E-state index contributed by atoms with van der Waals surface area (Å²) in [5.41, 5.74) is 0. The summed E-state index contributed by atoms with van der Waals surface area (Å²) in [6.07, 6.45) is 1.04. The minimum atomic E-state index is 0.237. The van der Waals surface area contributed by atoms with Crippen molar-refractivity contribution in [3.63, 3.8) is 0 Å². The van der Waals surface area contributed by atoms with Crippen molar-refractivity contribution in [3.05, 3.63) is 5.89 Å². The minimum Gasteiger partial charge on any atom is -0.344 e. The van der Waals surface area contributed by atoms with Crippen molar-refractivity contribution in [3.8, 4) is 0 Å². The Hall–Kier alpha value is -1.10. The molecule has 0 fully saturated rings. The maximum absolute atomic E-state index is 5.23. The van der Waals surface area contributed by atoms with Crippen LogP contribution in [0.1, 0.15) is 32.1 Å². The first-order valence-electron chi connectivity index (χ1n) is 5.28. The number of anilines is 1. The van der Waals surface area contributed by atoms with E-state index in [9.17, 15) is 0 Å². The molecule has 0 amide bonds. The molecule has 5 heteroatoms. The van der Waals surface area contributed by atoms with Gasteiger partial charge in [-0.2, -0.15) is 4.98 Å². The molecule has 1 rings (SSSR count). The van der Waals surface area contributed by atoms with E-state index in [4.69, 9.17) is 4.52 Å². The Morgan fingerprint density at radius 1 is 1.47 bits per heavy atom. The molecule has 15 heavy (non-hydrogen) atoms. The standard InChI is InChI=1S/C10H20N4O/c1-6-8(11-3)7(2)9-12-10(13-15-9)14(4)5/h7-8,11H,6H2,1-5H3. The molecule has 0 saturated carbocycles. The third-order valence-corrected chi connectivity index (χ3v) is 2.63. The van der Waals surface area contributed by atoms with Gasteiger partial charge in [0.2, 0.25) is 5.89 Å². The fraction of sp³-hybridized carbons (Fsp3) is 0.800. The van der Waals surface area contributed by atoms with Crippen LogP contribution in [0.5, 0.6) is 0 Å². The fourth-order valence-corrected chi connectivity index (χ4v) is 1.57. The van der Waals surface area contributed by atoms with Crippen LogP contribution >= 0.6 is 0 Å². The summed E-state index contributed by atoms with van der Waals surface area (Å²) in [7, 11) is 5.75. The number of nitrogens with one attached hydrogen (secondary N) is 1. The van der Waals surface area contributed by atoms with Gasteiger partial charge >= 0.3 is 0 Å². The van der Waals surface area contributed by atoms with Gasteiger partial charge in [-0.15, -0.1) is 0 Å². The Kier molecular flexibility index (Phi) is 4.08. The molecule has 5 nitrogen and oxygen atoms in total. The first-order chi connectivity index (χ1) is 7.10. The summed E-state index contributed by atoms with van der Waals surface area (Å²) in [5, 5.41) is 7.15. The molecule has 0 bridgehead atoms. The van der Waals surface area contributed by atoms with E-state index < -0.39 is 0 Å². The van der Waals surface area contributed by atoms with Crippen molar-refractivity contribution in [1.82, 2.24) is 15.5 Å². The van der Waals surface area contributed by atoms with Crippen molar-refractivity contribution in [1.29, 1.82) is 0 Å². The molecule has 1 aromatic heterocycles. The van der Waals surface area contributed by atoms with Crippen molar-refractivity contribution in [2.75, 3.05) is 26.0 Å². The van der Waals surface area contributed by atoms with Gasteiger partial charge in [0.15, 0.2) is 0 Å².